The summed E-state index contributed by atoms with van der Waals surface area (Å²) in [6, 6.07) is 17.8. The Hall–Kier alpha value is -3.81. The summed E-state index contributed by atoms with van der Waals surface area (Å²) in [4.78, 5) is 19.4. The van der Waals surface area contributed by atoms with Crippen LogP contribution in [0.5, 0.6) is 0 Å². The maximum Gasteiger partial charge on any atom is 0.165 e. The Bertz CT molecular complexity index is 1490. The number of aromatic nitrogens is 4. The van der Waals surface area contributed by atoms with Gasteiger partial charge in [-0.05, 0) is 81.8 Å². The van der Waals surface area contributed by atoms with Crippen LogP contribution in [0.1, 0.15) is 45.4 Å². The molecule has 1 fully saturated rings. The molecule has 0 radical (unpaired) electrons. The Morgan fingerprint density at radius 3 is 2.44 bits per heavy atom. The molecule has 0 aliphatic carbocycles. The van der Waals surface area contributed by atoms with Crippen molar-refractivity contribution in [1.82, 2.24) is 29.3 Å². The fourth-order valence-electron chi connectivity index (χ4n) is 5.38. The number of imidazole rings is 1. The number of benzene rings is 1. The Labute approximate surface area is 231 Å². The first kappa shape index (κ1) is 26.8. The van der Waals surface area contributed by atoms with Crippen molar-refractivity contribution in [1.29, 1.82) is 0 Å². The Balaban J connectivity index is 1.56. The summed E-state index contributed by atoms with van der Waals surface area (Å²) in [5.74, 6) is 1.19. The fraction of sp³-hybridized carbons (Fsp3) is 0.344. The van der Waals surface area contributed by atoms with E-state index in [1.54, 1.807) is 6.20 Å². The van der Waals surface area contributed by atoms with Crippen molar-refractivity contribution in [2.24, 2.45) is 0 Å². The van der Waals surface area contributed by atoms with Crippen molar-refractivity contribution in [2.45, 2.75) is 52.7 Å². The summed E-state index contributed by atoms with van der Waals surface area (Å²) in [5, 5.41) is 0. The molecule has 2 atom stereocenters. The molecule has 0 amide bonds. The number of allylic oxidation sites excluding steroid dienone is 4. The first-order chi connectivity index (χ1) is 18.9. The highest BCUT2D eigenvalue weighted by Crippen LogP contribution is 2.31. The van der Waals surface area contributed by atoms with Gasteiger partial charge in [0.1, 0.15) is 11.3 Å². The fourth-order valence-corrected chi connectivity index (χ4v) is 5.38. The molecule has 202 valence electrons. The molecule has 7 nitrogen and oxygen atoms in total. The smallest absolute Gasteiger partial charge is 0.165 e. The van der Waals surface area contributed by atoms with Crippen LogP contribution in [-0.2, 0) is 6.54 Å². The second-order valence-corrected chi connectivity index (χ2v) is 10.5. The van der Waals surface area contributed by atoms with Gasteiger partial charge in [-0.2, -0.15) is 0 Å². The molecule has 3 aromatic heterocycles. The van der Waals surface area contributed by atoms with Gasteiger partial charge in [0.15, 0.2) is 11.5 Å². The normalized spacial score (nSPS) is 19.4. The highest BCUT2D eigenvalue weighted by Gasteiger charge is 2.26. The highest BCUT2D eigenvalue weighted by atomic mass is 15.3. The van der Waals surface area contributed by atoms with E-state index in [0.717, 1.165) is 65.6 Å². The molecule has 0 bridgehead atoms. The summed E-state index contributed by atoms with van der Waals surface area (Å²) >= 11 is 0. The topological polar surface area (TPSA) is 76.1 Å². The van der Waals surface area contributed by atoms with Crippen LogP contribution < -0.4 is 5.73 Å². The number of nitrogens with zero attached hydrogens (tertiary/aromatic N) is 6. The summed E-state index contributed by atoms with van der Waals surface area (Å²) < 4.78 is 2.10. The predicted octanol–water partition coefficient (Wildman–Crippen LogP) is 5.96. The van der Waals surface area contributed by atoms with E-state index in [9.17, 15) is 0 Å². The number of fused-ring (bicyclic) bond motifs is 1. The maximum absolute atomic E-state index is 6.32. The number of rotatable bonds is 7. The van der Waals surface area contributed by atoms with Crippen molar-refractivity contribution in [2.75, 3.05) is 25.9 Å². The largest absolute Gasteiger partial charge is 0.383 e. The van der Waals surface area contributed by atoms with E-state index in [1.807, 2.05) is 31.2 Å². The number of hydrogen-bond donors (Lipinski definition) is 1. The van der Waals surface area contributed by atoms with Gasteiger partial charge in [-0.25, -0.2) is 15.0 Å². The summed E-state index contributed by atoms with van der Waals surface area (Å²) in [5.41, 5.74) is 13.0. The van der Waals surface area contributed by atoms with Crippen LogP contribution in [-0.4, -0.2) is 61.5 Å². The van der Waals surface area contributed by atoms with E-state index >= 15 is 0 Å². The van der Waals surface area contributed by atoms with Gasteiger partial charge in [-0.3, -0.25) is 14.4 Å². The van der Waals surface area contributed by atoms with E-state index in [-0.39, 0.29) is 0 Å². The average molecular weight is 522 g/mol. The van der Waals surface area contributed by atoms with Crippen LogP contribution in [0.4, 0.5) is 5.82 Å². The number of nitrogen functional groups attached to an aromatic ring is 1. The number of likely N-dealkylation sites (N-methyl/N-ethyl adjacent to an activating group) is 1. The molecule has 2 unspecified atom stereocenters. The monoisotopic (exact) mass is 521 g/mol. The third-order valence-electron chi connectivity index (χ3n) is 7.76. The predicted molar refractivity (Wildman–Crippen MR) is 162 cm³/mol. The minimum absolute atomic E-state index is 0.448. The van der Waals surface area contributed by atoms with Gasteiger partial charge >= 0.3 is 0 Å². The maximum atomic E-state index is 6.32. The van der Waals surface area contributed by atoms with E-state index in [1.165, 1.54) is 5.56 Å². The zero-order valence-electron chi connectivity index (χ0n) is 23.7. The number of piperazine rings is 1. The van der Waals surface area contributed by atoms with Gasteiger partial charge in [0.2, 0.25) is 0 Å². The molecule has 4 aromatic rings. The molecule has 5 rings (SSSR count). The quantitative estimate of drug-likeness (QED) is 0.303. The van der Waals surface area contributed by atoms with Crippen molar-refractivity contribution < 1.29 is 0 Å². The van der Waals surface area contributed by atoms with E-state index in [2.05, 4.69) is 89.7 Å². The lowest BCUT2D eigenvalue weighted by Gasteiger charge is -2.42. The lowest BCUT2D eigenvalue weighted by molar-refractivity contribution is 0.0556. The van der Waals surface area contributed by atoms with Gasteiger partial charge in [0.25, 0.3) is 0 Å². The van der Waals surface area contributed by atoms with Crippen LogP contribution in [0, 0.1) is 0 Å². The lowest BCUT2D eigenvalue weighted by Crippen LogP contribution is -2.54. The molecule has 1 aliphatic rings. The average Bonchev–Trinajstić information content (AvgIpc) is 3.31. The Morgan fingerprint density at radius 2 is 1.77 bits per heavy atom. The summed E-state index contributed by atoms with van der Waals surface area (Å²) in [6.07, 6.45) is 9.05. The van der Waals surface area contributed by atoms with Crippen LogP contribution in [0.2, 0.25) is 0 Å². The van der Waals surface area contributed by atoms with E-state index in [4.69, 9.17) is 15.7 Å². The van der Waals surface area contributed by atoms with Crippen LogP contribution in [0.15, 0.2) is 73.0 Å². The molecule has 4 heterocycles. The lowest BCUT2D eigenvalue weighted by atomic mass is 10.1. The first-order valence-electron chi connectivity index (χ1n) is 13.9. The van der Waals surface area contributed by atoms with Gasteiger partial charge in [-0.15, -0.1) is 0 Å². The number of hydrogen-bond acceptors (Lipinski definition) is 6. The Kier molecular flexibility index (Phi) is 7.91. The van der Waals surface area contributed by atoms with Gasteiger partial charge < -0.3 is 5.73 Å². The molecule has 39 heavy (non-hydrogen) atoms. The molecule has 1 saturated heterocycles. The van der Waals surface area contributed by atoms with E-state index < -0.39 is 0 Å². The van der Waals surface area contributed by atoms with Crippen LogP contribution in [0.3, 0.4) is 0 Å². The zero-order chi connectivity index (χ0) is 27.5. The molecule has 1 aliphatic heterocycles. The van der Waals surface area contributed by atoms with Crippen molar-refractivity contribution in [3.05, 3.63) is 84.2 Å². The number of nitrogens with two attached hydrogens (primary N) is 1. The number of anilines is 1. The van der Waals surface area contributed by atoms with Crippen molar-refractivity contribution >= 4 is 22.6 Å². The number of pyridine rings is 2. The van der Waals surface area contributed by atoms with Gasteiger partial charge in [-0.1, -0.05) is 37.3 Å². The SMILES string of the molecule is C/C=C(\C=C/CC)c1ccc2nc(-c3cccnc3N)n(-c3ccc(CN4CC(C)N(C)C(C)C4)cc3)c2n1. The third-order valence-corrected chi connectivity index (χ3v) is 7.76. The minimum atomic E-state index is 0.448. The van der Waals surface area contributed by atoms with Crippen molar-refractivity contribution in [3.8, 4) is 17.1 Å². The van der Waals surface area contributed by atoms with Crippen molar-refractivity contribution in [3.63, 3.8) is 0 Å². The minimum Gasteiger partial charge on any atom is -0.383 e. The van der Waals surface area contributed by atoms with Gasteiger partial charge in [0.05, 0.1) is 11.3 Å². The van der Waals surface area contributed by atoms with Crippen LogP contribution >= 0.6 is 0 Å². The molecule has 2 N–H and O–H groups in total. The molecule has 0 saturated carbocycles. The van der Waals surface area contributed by atoms with E-state index in [0.29, 0.717) is 17.9 Å². The Morgan fingerprint density at radius 1 is 1.03 bits per heavy atom. The third kappa shape index (κ3) is 5.51. The molecule has 0 spiro atoms. The molecule has 1 aromatic carbocycles. The second-order valence-electron chi connectivity index (χ2n) is 10.5. The summed E-state index contributed by atoms with van der Waals surface area (Å²) in [6.45, 7) is 11.9. The van der Waals surface area contributed by atoms with Crippen LogP contribution in [0.25, 0.3) is 33.8 Å². The molecule has 7 heteroatoms. The van der Waals surface area contributed by atoms with Gasteiger partial charge in [0, 0.05) is 43.6 Å². The second kappa shape index (κ2) is 11.5. The summed E-state index contributed by atoms with van der Waals surface area (Å²) in [7, 11) is 2.22. The molecular formula is C32H39N7. The standard InChI is InChI=1S/C32H39N7/c1-6-8-10-25(7-2)28-16-17-29-32(35-28)39(31(36-29)27-11-9-18-34-30(27)33)26-14-12-24(13-15-26)21-38-19-22(3)37(5)23(4)20-38/h7-18,22-23H,6,19-21H2,1-5H3,(H2,33,34)/b10-8-,25-7+. The zero-order valence-corrected chi connectivity index (χ0v) is 23.7. The first-order valence-corrected chi connectivity index (χ1v) is 13.9. The highest BCUT2D eigenvalue weighted by molar-refractivity contribution is 5.85. The molecular weight excluding hydrogens is 482 g/mol.